The number of rotatable bonds is 6. The van der Waals surface area contributed by atoms with Crippen LogP contribution in [0.4, 0.5) is 0 Å². The lowest BCUT2D eigenvalue weighted by atomic mass is 9.93. The van der Waals surface area contributed by atoms with Crippen LogP contribution in [-0.4, -0.2) is 102 Å². The summed E-state index contributed by atoms with van der Waals surface area (Å²) in [4.78, 5) is 68.9. The van der Waals surface area contributed by atoms with E-state index in [0.29, 0.717) is 18.7 Å². The van der Waals surface area contributed by atoms with Gasteiger partial charge in [-0.15, -0.1) is 0 Å². The van der Waals surface area contributed by atoms with Crippen molar-refractivity contribution in [3.63, 3.8) is 0 Å². The summed E-state index contributed by atoms with van der Waals surface area (Å²) in [7, 11) is 0. The SMILES string of the molecule is CC(=O)N1C[C@H]2NC(=O)[C@H](Cc3ccccc3)NC(=O)CN(CCC(C)C)C(=O)[C@H](CO)NC(=O)COc3cccc(c3)[C@@H]2C1. The Kier molecular flexibility index (Phi) is 11.5. The average Bonchev–Trinajstić information content (AvgIpc) is 3.44. The number of fused-ring (bicyclic) bond motifs is 4. The van der Waals surface area contributed by atoms with Crippen LogP contribution in [0.15, 0.2) is 54.6 Å². The molecule has 2 aliphatic heterocycles. The largest absolute Gasteiger partial charge is 0.484 e. The molecule has 1 saturated heterocycles. The number of aliphatic hydroxyl groups is 1. The smallest absolute Gasteiger partial charge is 0.258 e. The average molecular weight is 622 g/mol. The lowest BCUT2D eigenvalue weighted by molar-refractivity contribution is -0.141. The summed E-state index contributed by atoms with van der Waals surface area (Å²) in [6.07, 6.45) is 0.777. The predicted molar refractivity (Wildman–Crippen MR) is 166 cm³/mol. The standard InChI is InChI=1S/C33H43N5O7/c1-21(2)12-13-37-18-30(41)34-27(14-23-8-5-4-6-9-23)32(43)36-28-17-38(22(3)40)16-26(28)24-10-7-11-25(15-24)45-20-31(42)35-29(19-39)33(37)44/h4-11,15,21,26-29,39H,12-14,16-20H2,1-3H3,(H,34,41)(H,35,42)(H,36,43)/t26-,27-,28+,29-/m0/s1. The molecule has 2 aromatic carbocycles. The highest BCUT2D eigenvalue weighted by Crippen LogP contribution is 2.30. The van der Waals surface area contributed by atoms with Gasteiger partial charge in [0, 0.05) is 38.9 Å². The second kappa shape index (κ2) is 15.5. The Morgan fingerprint density at radius 2 is 1.69 bits per heavy atom. The molecule has 2 aromatic rings. The third kappa shape index (κ3) is 9.27. The highest BCUT2D eigenvalue weighted by Gasteiger charge is 2.38. The molecule has 0 saturated carbocycles. The monoisotopic (exact) mass is 621 g/mol. The Morgan fingerprint density at radius 3 is 2.38 bits per heavy atom. The summed E-state index contributed by atoms with van der Waals surface area (Å²) in [6.45, 7) is 4.84. The second-order valence-corrected chi connectivity index (χ2v) is 12.1. The lowest BCUT2D eigenvalue weighted by Gasteiger charge is -2.29. The van der Waals surface area contributed by atoms with Crippen LogP contribution in [0.25, 0.3) is 0 Å². The number of nitrogens with zero attached hydrogens (tertiary/aromatic N) is 2. The summed E-state index contributed by atoms with van der Waals surface area (Å²) in [5.41, 5.74) is 1.63. The molecule has 0 aliphatic carbocycles. The fourth-order valence-corrected chi connectivity index (χ4v) is 5.61. The van der Waals surface area contributed by atoms with Crippen molar-refractivity contribution in [2.45, 2.75) is 57.7 Å². The van der Waals surface area contributed by atoms with Crippen LogP contribution >= 0.6 is 0 Å². The second-order valence-electron chi connectivity index (χ2n) is 12.1. The Bertz CT molecular complexity index is 1370. The van der Waals surface area contributed by atoms with E-state index in [1.54, 1.807) is 23.1 Å². The molecule has 45 heavy (non-hydrogen) atoms. The fourth-order valence-electron chi connectivity index (χ4n) is 5.61. The van der Waals surface area contributed by atoms with Crippen LogP contribution in [0.5, 0.6) is 5.75 Å². The number of hydrogen-bond donors (Lipinski definition) is 4. The number of aliphatic hydroxyl groups excluding tert-OH is 1. The Labute approximate surface area is 263 Å². The normalized spacial score (nSPS) is 23.3. The van der Waals surface area contributed by atoms with E-state index in [4.69, 9.17) is 4.74 Å². The molecule has 2 heterocycles. The number of ether oxygens (including phenoxy) is 1. The van der Waals surface area contributed by atoms with Crippen molar-refractivity contribution < 1.29 is 33.8 Å². The molecule has 4 atom stereocenters. The lowest BCUT2D eigenvalue weighted by Crippen LogP contribution is -2.56. The maximum absolute atomic E-state index is 13.9. The summed E-state index contributed by atoms with van der Waals surface area (Å²) in [5, 5.41) is 18.4. The van der Waals surface area contributed by atoms with E-state index >= 15 is 0 Å². The van der Waals surface area contributed by atoms with E-state index in [9.17, 15) is 29.1 Å². The number of amides is 5. The van der Waals surface area contributed by atoms with Crippen molar-refractivity contribution in [2.24, 2.45) is 5.92 Å². The summed E-state index contributed by atoms with van der Waals surface area (Å²) < 4.78 is 5.73. The van der Waals surface area contributed by atoms with E-state index in [2.05, 4.69) is 16.0 Å². The maximum atomic E-state index is 13.9. The number of hydrogen-bond acceptors (Lipinski definition) is 7. The van der Waals surface area contributed by atoms with E-state index < -0.39 is 55.0 Å². The predicted octanol–water partition coefficient (Wildman–Crippen LogP) is 0.589. The van der Waals surface area contributed by atoms with Crippen molar-refractivity contribution in [2.75, 3.05) is 39.4 Å². The first-order chi connectivity index (χ1) is 21.5. The van der Waals surface area contributed by atoms with Crippen molar-refractivity contribution in [3.05, 3.63) is 65.7 Å². The third-order valence-electron chi connectivity index (χ3n) is 8.12. The van der Waals surface area contributed by atoms with Gasteiger partial charge in [-0.25, -0.2) is 0 Å². The number of carbonyl (C=O) groups excluding carboxylic acids is 5. The quantitative estimate of drug-likeness (QED) is 0.368. The van der Waals surface area contributed by atoms with E-state index in [1.165, 1.54) is 11.8 Å². The van der Waals surface area contributed by atoms with Gasteiger partial charge in [0.25, 0.3) is 5.91 Å². The Balaban J connectivity index is 1.69. The van der Waals surface area contributed by atoms with Crippen LogP contribution in [0.2, 0.25) is 0 Å². The zero-order chi connectivity index (χ0) is 32.5. The van der Waals surface area contributed by atoms with Crippen LogP contribution in [0, 0.1) is 5.92 Å². The first-order valence-corrected chi connectivity index (χ1v) is 15.3. The van der Waals surface area contributed by atoms with Gasteiger partial charge in [0.15, 0.2) is 6.61 Å². The van der Waals surface area contributed by atoms with Gasteiger partial charge in [-0.1, -0.05) is 56.3 Å². The van der Waals surface area contributed by atoms with E-state index in [1.807, 2.05) is 50.2 Å². The van der Waals surface area contributed by atoms with Crippen LogP contribution in [0.1, 0.15) is 44.2 Å². The Morgan fingerprint density at radius 1 is 0.956 bits per heavy atom. The minimum atomic E-state index is -1.29. The number of likely N-dealkylation sites (tertiary alicyclic amines) is 1. The minimum Gasteiger partial charge on any atom is -0.484 e. The van der Waals surface area contributed by atoms with Crippen molar-refractivity contribution >= 4 is 29.5 Å². The number of benzene rings is 2. The van der Waals surface area contributed by atoms with Gasteiger partial charge in [0.05, 0.1) is 19.2 Å². The van der Waals surface area contributed by atoms with Gasteiger partial charge in [-0.3, -0.25) is 24.0 Å². The van der Waals surface area contributed by atoms with Gasteiger partial charge in [-0.2, -0.15) is 0 Å². The molecule has 0 aromatic heterocycles. The molecule has 1 fully saturated rings. The molecular formula is C33H43N5O7. The maximum Gasteiger partial charge on any atom is 0.258 e. The Hall–Kier alpha value is -4.45. The van der Waals surface area contributed by atoms with Crippen molar-refractivity contribution in [3.8, 4) is 5.75 Å². The zero-order valence-electron chi connectivity index (χ0n) is 26.0. The first-order valence-electron chi connectivity index (χ1n) is 15.3. The van der Waals surface area contributed by atoms with Crippen LogP contribution in [0.3, 0.4) is 0 Å². The van der Waals surface area contributed by atoms with Crippen molar-refractivity contribution in [1.29, 1.82) is 0 Å². The molecule has 242 valence electrons. The van der Waals surface area contributed by atoms with Crippen LogP contribution in [-0.2, 0) is 30.4 Å². The fraction of sp³-hybridized carbons (Fsp3) is 0.485. The molecule has 12 heteroatoms. The molecule has 2 aliphatic rings. The topological polar surface area (TPSA) is 157 Å². The first kappa shape index (κ1) is 33.4. The number of carbonyl (C=O) groups is 5. The molecule has 4 rings (SSSR count). The van der Waals surface area contributed by atoms with Gasteiger partial charge in [-0.05, 0) is 35.6 Å². The summed E-state index contributed by atoms with van der Waals surface area (Å²) in [5.74, 6) is -1.99. The molecule has 5 amide bonds. The molecule has 0 unspecified atom stereocenters. The molecule has 2 bridgehead atoms. The van der Waals surface area contributed by atoms with Gasteiger partial charge < -0.3 is 35.6 Å². The zero-order valence-corrected chi connectivity index (χ0v) is 26.0. The molecule has 4 N–H and O–H groups in total. The van der Waals surface area contributed by atoms with Gasteiger partial charge >= 0.3 is 0 Å². The summed E-state index contributed by atoms with van der Waals surface area (Å²) in [6, 6.07) is 13.6. The highest BCUT2D eigenvalue weighted by molar-refractivity contribution is 5.93. The third-order valence-corrected chi connectivity index (χ3v) is 8.12. The van der Waals surface area contributed by atoms with Gasteiger partial charge in [0.1, 0.15) is 17.8 Å². The minimum absolute atomic E-state index is 0.127. The molecule has 0 spiro atoms. The molecule has 12 nitrogen and oxygen atoms in total. The molecular weight excluding hydrogens is 578 g/mol. The van der Waals surface area contributed by atoms with Crippen molar-refractivity contribution in [1.82, 2.24) is 25.8 Å². The van der Waals surface area contributed by atoms with E-state index in [-0.39, 0.29) is 43.8 Å². The van der Waals surface area contributed by atoms with Crippen LogP contribution < -0.4 is 20.7 Å². The highest BCUT2D eigenvalue weighted by atomic mass is 16.5. The number of nitrogens with one attached hydrogen (secondary N) is 3. The molecule has 0 radical (unpaired) electrons. The van der Waals surface area contributed by atoms with Gasteiger partial charge in [0.2, 0.25) is 23.6 Å². The summed E-state index contributed by atoms with van der Waals surface area (Å²) >= 11 is 0. The van der Waals surface area contributed by atoms with E-state index in [0.717, 1.165) is 11.1 Å².